The number of ether oxygens (including phenoxy) is 1. The van der Waals surface area contributed by atoms with Crippen molar-refractivity contribution in [2.24, 2.45) is 0 Å². The lowest BCUT2D eigenvalue weighted by molar-refractivity contribution is 0.0599. The molecular weight excluding hydrogens is 239 g/mol. The van der Waals surface area contributed by atoms with Gasteiger partial charge in [0, 0.05) is 7.11 Å². The van der Waals surface area contributed by atoms with Gasteiger partial charge in [0.1, 0.15) is 5.82 Å². The van der Waals surface area contributed by atoms with E-state index in [2.05, 4.69) is 10.1 Å². The van der Waals surface area contributed by atoms with Crippen LogP contribution in [0.3, 0.4) is 0 Å². The average molecular weight is 252 g/mol. The van der Waals surface area contributed by atoms with Gasteiger partial charge in [-0.2, -0.15) is 4.98 Å². The topological polar surface area (TPSA) is 68.4 Å². The monoisotopic (exact) mass is 252 g/mol. The van der Waals surface area contributed by atoms with Crippen LogP contribution in [0.2, 0.25) is 0 Å². The minimum atomic E-state index is -0.719. The highest BCUT2D eigenvalue weighted by molar-refractivity contribution is 5.54. The SMILES string of the molecule is COCC(O)Cc1nc(-c2ccccc2F)no1. The summed E-state index contributed by atoms with van der Waals surface area (Å²) < 4.78 is 23.2. The van der Waals surface area contributed by atoms with Gasteiger partial charge < -0.3 is 14.4 Å². The van der Waals surface area contributed by atoms with Crippen molar-refractivity contribution in [2.45, 2.75) is 12.5 Å². The highest BCUT2D eigenvalue weighted by Gasteiger charge is 2.15. The molecule has 0 fully saturated rings. The standard InChI is InChI=1S/C12H13FN2O3/c1-17-7-8(16)6-11-14-12(15-18-11)9-4-2-3-5-10(9)13/h2-5,8,16H,6-7H2,1H3. The molecule has 6 heteroatoms. The van der Waals surface area contributed by atoms with Crippen LogP contribution in [0.1, 0.15) is 5.89 Å². The lowest BCUT2D eigenvalue weighted by Crippen LogP contribution is -2.17. The maximum absolute atomic E-state index is 13.5. The molecule has 1 unspecified atom stereocenters. The number of benzene rings is 1. The van der Waals surface area contributed by atoms with Crippen LogP contribution >= 0.6 is 0 Å². The molecule has 0 saturated heterocycles. The largest absolute Gasteiger partial charge is 0.390 e. The first-order valence-electron chi connectivity index (χ1n) is 5.45. The normalized spacial score (nSPS) is 12.6. The molecule has 2 rings (SSSR count). The quantitative estimate of drug-likeness (QED) is 0.871. The van der Waals surface area contributed by atoms with Crippen molar-refractivity contribution in [3.63, 3.8) is 0 Å². The van der Waals surface area contributed by atoms with Gasteiger partial charge in [0.25, 0.3) is 0 Å². The van der Waals surface area contributed by atoms with Gasteiger partial charge in [0.05, 0.1) is 24.7 Å². The molecule has 0 amide bonds. The molecule has 1 N–H and O–H groups in total. The molecule has 0 aliphatic carbocycles. The Morgan fingerprint density at radius 2 is 2.22 bits per heavy atom. The summed E-state index contributed by atoms with van der Waals surface area (Å²) in [5.74, 6) is 0.00723. The third-order valence-corrected chi connectivity index (χ3v) is 2.35. The first-order chi connectivity index (χ1) is 8.70. The Morgan fingerprint density at radius 1 is 1.44 bits per heavy atom. The number of aromatic nitrogens is 2. The van der Waals surface area contributed by atoms with Crippen molar-refractivity contribution in [2.75, 3.05) is 13.7 Å². The summed E-state index contributed by atoms with van der Waals surface area (Å²) in [5, 5.41) is 13.2. The molecule has 2 aromatic rings. The van der Waals surface area contributed by atoms with Gasteiger partial charge in [-0.3, -0.25) is 0 Å². The molecule has 0 radical (unpaired) electrons. The fourth-order valence-corrected chi connectivity index (χ4v) is 1.54. The summed E-state index contributed by atoms with van der Waals surface area (Å²) in [6.07, 6.45) is -0.543. The highest BCUT2D eigenvalue weighted by atomic mass is 19.1. The van der Waals surface area contributed by atoms with E-state index in [4.69, 9.17) is 9.26 Å². The fourth-order valence-electron chi connectivity index (χ4n) is 1.54. The molecule has 0 spiro atoms. The lowest BCUT2D eigenvalue weighted by atomic mass is 10.2. The zero-order valence-corrected chi connectivity index (χ0v) is 9.84. The van der Waals surface area contributed by atoms with Crippen LogP contribution in [-0.2, 0) is 11.2 Å². The number of halogens is 1. The number of hydrogen-bond acceptors (Lipinski definition) is 5. The summed E-state index contributed by atoms with van der Waals surface area (Å²) in [6, 6.07) is 6.16. The van der Waals surface area contributed by atoms with Crippen molar-refractivity contribution < 1.29 is 18.8 Å². The van der Waals surface area contributed by atoms with Gasteiger partial charge in [-0.25, -0.2) is 4.39 Å². The van der Waals surface area contributed by atoms with Gasteiger partial charge in [-0.15, -0.1) is 0 Å². The molecule has 0 bridgehead atoms. The van der Waals surface area contributed by atoms with Gasteiger partial charge in [0.15, 0.2) is 0 Å². The van der Waals surface area contributed by atoms with Crippen LogP contribution in [-0.4, -0.2) is 35.1 Å². The average Bonchev–Trinajstić information content (AvgIpc) is 2.78. The first kappa shape index (κ1) is 12.7. The van der Waals surface area contributed by atoms with Crippen LogP contribution in [0.25, 0.3) is 11.4 Å². The number of methoxy groups -OCH3 is 1. The van der Waals surface area contributed by atoms with Crippen LogP contribution in [0.4, 0.5) is 4.39 Å². The molecule has 18 heavy (non-hydrogen) atoms. The number of hydrogen-bond donors (Lipinski definition) is 1. The third kappa shape index (κ3) is 2.91. The van der Waals surface area contributed by atoms with E-state index in [1.807, 2.05) is 0 Å². The molecule has 0 aliphatic rings. The van der Waals surface area contributed by atoms with E-state index in [9.17, 15) is 9.50 Å². The maximum atomic E-state index is 13.5. The summed E-state index contributed by atoms with van der Waals surface area (Å²) in [4.78, 5) is 4.03. The minimum Gasteiger partial charge on any atom is -0.390 e. The van der Waals surface area contributed by atoms with Gasteiger partial charge >= 0.3 is 0 Å². The minimum absolute atomic E-state index is 0.174. The summed E-state index contributed by atoms with van der Waals surface area (Å²) in [5.41, 5.74) is 0.272. The molecule has 1 heterocycles. The van der Waals surface area contributed by atoms with E-state index < -0.39 is 11.9 Å². The summed E-state index contributed by atoms with van der Waals surface area (Å²) in [6.45, 7) is 0.178. The Hall–Kier alpha value is -1.79. The van der Waals surface area contributed by atoms with Gasteiger partial charge in [-0.05, 0) is 12.1 Å². The second kappa shape index (κ2) is 5.70. The number of aliphatic hydroxyl groups excluding tert-OH is 1. The number of rotatable bonds is 5. The molecule has 1 aromatic carbocycles. The predicted octanol–water partition coefficient (Wildman–Crippen LogP) is 1.43. The van der Waals surface area contributed by atoms with E-state index in [-0.39, 0.29) is 30.3 Å². The van der Waals surface area contributed by atoms with E-state index in [1.54, 1.807) is 18.2 Å². The zero-order valence-electron chi connectivity index (χ0n) is 9.84. The van der Waals surface area contributed by atoms with Crippen LogP contribution in [0.5, 0.6) is 0 Å². The molecule has 0 aliphatic heterocycles. The van der Waals surface area contributed by atoms with Gasteiger partial charge in [0.2, 0.25) is 11.7 Å². The molecule has 1 atom stereocenters. The van der Waals surface area contributed by atoms with E-state index in [0.717, 1.165) is 0 Å². The van der Waals surface area contributed by atoms with Crippen molar-refractivity contribution in [1.29, 1.82) is 0 Å². The van der Waals surface area contributed by atoms with Gasteiger partial charge in [-0.1, -0.05) is 17.3 Å². The molecule has 0 saturated carbocycles. The molecule has 5 nitrogen and oxygen atoms in total. The number of aliphatic hydroxyl groups is 1. The lowest BCUT2D eigenvalue weighted by Gasteiger charge is -2.04. The Balaban J connectivity index is 2.13. The zero-order chi connectivity index (χ0) is 13.0. The fraction of sp³-hybridized carbons (Fsp3) is 0.333. The van der Waals surface area contributed by atoms with Crippen molar-refractivity contribution in [3.8, 4) is 11.4 Å². The Labute approximate surface area is 103 Å². The summed E-state index contributed by atoms with van der Waals surface area (Å²) >= 11 is 0. The third-order valence-electron chi connectivity index (χ3n) is 2.35. The maximum Gasteiger partial charge on any atom is 0.229 e. The Morgan fingerprint density at radius 3 is 2.94 bits per heavy atom. The second-order valence-corrected chi connectivity index (χ2v) is 3.80. The highest BCUT2D eigenvalue weighted by Crippen LogP contribution is 2.19. The van der Waals surface area contributed by atoms with E-state index >= 15 is 0 Å². The molecule has 1 aromatic heterocycles. The van der Waals surface area contributed by atoms with Crippen LogP contribution in [0, 0.1) is 5.82 Å². The molecular formula is C12H13FN2O3. The summed E-state index contributed by atoms with van der Waals surface area (Å²) in [7, 11) is 1.49. The van der Waals surface area contributed by atoms with E-state index in [0.29, 0.717) is 0 Å². The van der Waals surface area contributed by atoms with E-state index in [1.165, 1.54) is 13.2 Å². The first-order valence-corrected chi connectivity index (χ1v) is 5.45. The van der Waals surface area contributed by atoms with Crippen molar-refractivity contribution >= 4 is 0 Å². The Bertz CT molecular complexity index is 516. The van der Waals surface area contributed by atoms with Crippen molar-refractivity contribution in [3.05, 3.63) is 36.0 Å². The predicted molar refractivity (Wildman–Crippen MR) is 61.3 cm³/mol. The smallest absolute Gasteiger partial charge is 0.229 e. The van der Waals surface area contributed by atoms with Crippen LogP contribution in [0.15, 0.2) is 28.8 Å². The molecule has 96 valence electrons. The van der Waals surface area contributed by atoms with Crippen molar-refractivity contribution in [1.82, 2.24) is 10.1 Å². The number of nitrogens with zero attached hydrogens (tertiary/aromatic N) is 2. The Kier molecular flexibility index (Phi) is 4.01. The van der Waals surface area contributed by atoms with Crippen LogP contribution < -0.4 is 0 Å². The second-order valence-electron chi connectivity index (χ2n) is 3.80.